The lowest BCUT2D eigenvalue weighted by molar-refractivity contribution is -0.145. The molecule has 0 rings (SSSR count). The Kier molecular flexibility index (Phi) is 8.35. The maximum atomic E-state index is 11.6. The molecule has 0 aliphatic carbocycles. The van der Waals surface area contributed by atoms with Crippen LogP contribution in [0.3, 0.4) is 0 Å². The summed E-state index contributed by atoms with van der Waals surface area (Å²) in [5.41, 5.74) is 0. The third-order valence-electron chi connectivity index (χ3n) is 2.78. The third kappa shape index (κ3) is 9.18. The number of hydrogen-bond acceptors (Lipinski definition) is 3. The minimum absolute atomic E-state index is 0.0898. The SMILES string of the molecule is CC(C)CCCC(C)NC(=O)NC(CC(=O)O)C(=O)O. The van der Waals surface area contributed by atoms with Gasteiger partial charge in [0.15, 0.2) is 0 Å². The van der Waals surface area contributed by atoms with Crippen LogP contribution in [0.4, 0.5) is 4.79 Å². The van der Waals surface area contributed by atoms with Gasteiger partial charge in [-0.1, -0.05) is 26.7 Å². The number of carboxylic acids is 2. The zero-order valence-electron chi connectivity index (χ0n) is 12.2. The summed E-state index contributed by atoms with van der Waals surface area (Å²) >= 11 is 0. The van der Waals surface area contributed by atoms with Crippen LogP contribution >= 0.6 is 0 Å². The van der Waals surface area contributed by atoms with Crippen LogP contribution in [-0.4, -0.2) is 40.3 Å². The molecule has 0 aliphatic rings. The fourth-order valence-corrected chi connectivity index (χ4v) is 1.70. The topological polar surface area (TPSA) is 116 Å². The van der Waals surface area contributed by atoms with Gasteiger partial charge in [-0.15, -0.1) is 0 Å². The molecule has 7 nitrogen and oxygen atoms in total. The second kappa shape index (κ2) is 9.17. The van der Waals surface area contributed by atoms with E-state index in [0.29, 0.717) is 5.92 Å². The highest BCUT2D eigenvalue weighted by molar-refractivity contribution is 5.86. The van der Waals surface area contributed by atoms with Crippen LogP contribution < -0.4 is 10.6 Å². The highest BCUT2D eigenvalue weighted by Gasteiger charge is 2.23. The summed E-state index contributed by atoms with van der Waals surface area (Å²) in [5.74, 6) is -2.04. The molecule has 0 saturated carbocycles. The Morgan fingerprint density at radius 2 is 1.60 bits per heavy atom. The highest BCUT2D eigenvalue weighted by Crippen LogP contribution is 2.08. The van der Waals surface area contributed by atoms with E-state index in [1.165, 1.54) is 0 Å². The Bertz CT molecular complexity index is 344. The maximum Gasteiger partial charge on any atom is 0.326 e. The van der Waals surface area contributed by atoms with E-state index in [-0.39, 0.29) is 6.04 Å². The molecular formula is C13H24N2O5. The van der Waals surface area contributed by atoms with E-state index >= 15 is 0 Å². The summed E-state index contributed by atoms with van der Waals surface area (Å²) in [6, 6.07) is -2.17. The van der Waals surface area contributed by atoms with Crippen LogP contribution in [0.2, 0.25) is 0 Å². The van der Waals surface area contributed by atoms with Crippen LogP contribution in [0.1, 0.15) is 46.5 Å². The van der Waals surface area contributed by atoms with Crippen molar-refractivity contribution >= 4 is 18.0 Å². The van der Waals surface area contributed by atoms with Crippen LogP contribution in [0.15, 0.2) is 0 Å². The standard InChI is InChI=1S/C13H24N2O5/c1-8(2)5-4-6-9(3)14-13(20)15-10(12(18)19)7-11(16)17/h8-10H,4-7H2,1-3H3,(H,16,17)(H,18,19)(H2,14,15,20). The lowest BCUT2D eigenvalue weighted by Gasteiger charge is -2.17. The van der Waals surface area contributed by atoms with Gasteiger partial charge in [0.05, 0.1) is 6.42 Å². The quantitative estimate of drug-likeness (QED) is 0.512. The fourth-order valence-electron chi connectivity index (χ4n) is 1.70. The van der Waals surface area contributed by atoms with Gasteiger partial charge in [0, 0.05) is 6.04 Å². The van der Waals surface area contributed by atoms with Gasteiger partial charge in [-0.3, -0.25) is 4.79 Å². The number of rotatable bonds is 9. The van der Waals surface area contributed by atoms with E-state index in [1.54, 1.807) is 0 Å². The Morgan fingerprint density at radius 1 is 1.00 bits per heavy atom. The van der Waals surface area contributed by atoms with Gasteiger partial charge in [-0.05, 0) is 19.3 Å². The molecule has 0 aromatic heterocycles. The first kappa shape index (κ1) is 18.2. The van der Waals surface area contributed by atoms with Crippen LogP contribution in [0, 0.1) is 5.92 Å². The van der Waals surface area contributed by atoms with Gasteiger partial charge < -0.3 is 20.8 Å². The smallest absolute Gasteiger partial charge is 0.326 e. The van der Waals surface area contributed by atoms with E-state index in [4.69, 9.17) is 10.2 Å². The average Bonchev–Trinajstić information content (AvgIpc) is 2.26. The molecule has 0 aromatic carbocycles. The van der Waals surface area contributed by atoms with Crippen molar-refractivity contribution in [2.45, 2.75) is 58.5 Å². The van der Waals surface area contributed by atoms with Crippen molar-refractivity contribution < 1.29 is 24.6 Å². The minimum Gasteiger partial charge on any atom is -0.481 e. The van der Waals surface area contributed by atoms with E-state index in [1.807, 2.05) is 6.92 Å². The molecule has 7 heteroatoms. The van der Waals surface area contributed by atoms with Gasteiger partial charge >= 0.3 is 18.0 Å². The van der Waals surface area contributed by atoms with Crippen molar-refractivity contribution in [2.24, 2.45) is 5.92 Å². The van der Waals surface area contributed by atoms with Gasteiger partial charge in [0.2, 0.25) is 0 Å². The number of nitrogens with one attached hydrogen (secondary N) is 2. The van der Waals surface area contributed by atoms with Crippen molar-refractivity contribution in [3.05, 3.63) is 0 Å². The molecule has 0 spiro atoms. The molecule has 2 atom stereocenters. The first-order chi connectivity index (χ1) is 9.22. The Morgan fingerprint density at radius 3 is 2.05 bits per heavy atom. The predicted molar refractivity (Wildman–Crippen MR) is 73.5 cm³/mol. The molecule has 0 bridgehead atoms. The van der Waals surface area contributed by atoms with Crippen molar-refractivity contribution in [1.82, 2.24) is 10.6 Å². The monoisotopic (exact) mass is 288 g/mol. The fraction of sp³-hybridized carbons (Fsp3) is 0.769. The first-order valence-electron chi connectivity index (χ1n) is 6.74. The number of urea groups is 1. The van der Waals surface area contributed by atoms with Gasteiger partial charge in [-0.2, -0.15) is 0 Å². The van der Waals surface area contributed by atoms with E-state index in [0.717, 1.165) is 19.3 Å². The van der Waals surface area contributed by atoms with Crippen molar-refractivity contribution in [1.29, 1.82) is 0 Å². The third-order valence-corrected chi connectivity index (χ3v) is 2.78. The lowest BCUT2D eigenvalue weighted by atomic mass is 10.0. The molecule has 20 heavy (non-hydrogen) atoms. The molecule has 116 valence electrons. The number of aliphatic carboxylic acids is 2. The molecular weight excluding hydrogens is 264 g/mol. The molecule has 0 fully saturated rings. The number of carbonyl (C=O) groups excluding carboxylic acids is 1. The van der Waals surface area contributed by atoms with Crippen molar-refractivity contribution in [3.8, 4) is 0 Å². The van der Waals surface area contributed by atoms with Gasteiger partial charge in [0.25, 0.3) is 0 Å². The van der Waals surface area contributed by atoms with Crippen LogP contribution in [0.5, 0.6) is 0 Å². The Hall–Kier alpha value is -1.79. The normalized spacial score (nSPS) is 13.6. The summed E-state index contributed by atoms with van der Waals surface area (Å²) in [5, 5.41) is 22.1. The van der Waals surface area contributed by atoms with E-state index < -0.39 is 30.4 Å². The number of carboxylic acid groups (broad SMARTS) is 2. The zero-order chi connectivity index (χ0) is 15.7. The summed E-state index contributed by atoms with van der Waals surface area (Å²) in [6.45, 7) is 6.06. The van der Waals surface area contributed by atoms with E-state index in [9.17, 15) is 14.4 Å². The van der Waals surface area contributed by atoms with Crippen molar-refractivity contribution in [2.75, 3.05) is 0 Å². The van der Waals surface area contributed by atoms with E-state index in [2.05, 4.69) is 24.5 Å². The molecule has 0 heterocycles. The van der Waals surface area contributed by atoms with Crippen molar-refractivity contribution in [3.63, 3.8) is 0 Å². The minimum atomic E-state index is -1.42. The summed E-state index contributed by atoms with van der Waals surface area (Å²) < 4.78 is 0. The maximum absolute atomic E-state index is 11.6. The molecule has 0 aliphatic heterocycles. The number of amides is 2. The molecule has 0 aromatic rings. The zero-order valence-corrected chi connectivity index (χ0v) is 12.2. The lowest BCUT2D eigenvalue weighted by Crippen LogP contribution is -2.49. The highest BCUT2D eigenvalue weighted by atomic mass is 16.4. The first-order valence-corrected chi connectivity index (χ1v) is 6.74. The Labute approximate surface area is 118 Å². The van der Waals surface area contributed by atoms with Gasteiger partial charge in [0.1, 0.15) is 6.04 Å². The number of carbonyl (C=O) groups is 3. The average molecular weight is 288 g/mol. The van der Waals surface area contributed by atoms with Crippen LogP contribution in [0.25, 0.3) is 0 Å². The molecule has 2 unspecified atom stereocenters. The Balaban J connectivity index is 4.11. The molecule has 0 radical (unpaired) electrons. The largest absolute Gasteiger partial charge is 0.481 e. The second-order valence-corrected chi connectivity index (χ2v) is 5.33. The van der Waals surface area contributed by atoms with Crippen LogP contribution in [-0.2, 0) is 9.59 Å². The predicted octanol–water partition coefficient (Wildman–Crippen LogP) is 1.43. The molecule has 2 amide bonds. The summed E-state index contributed by atoms with van der Waals surface area (Å²) in [7, 11) is 0. The number of hydrogen-bond donors (Lipinski definition) is 4. The molecule has 0 saturated heterocycles. The van der Waals surface area contributed by atoms with Gasteiger partial charge in [-0.25, -0.2) is 9.59 Å². The molecule has 4 N–H and O–H groups in total. The summed E-state index contributed by atoms with van der Waals surface area (Å²) in [6.07, 6.45) is 2.17. The second-order valence-electron chi connectivity index (χ2n) is 5.33. The summed E-state index contributed by atoms with van der Waals surface area (Å²) in [4.78, 5) is 32.9.